The SMILES string of the molecule is CCn1c(C)cc(C(=O)C[NH+]2CCN(c3cccc(OC)c3)CC2)c1C. The zero-order chi connectivity index (χ0) is 18.7. The summed E-state index contributed by atoms with van der Waals surface area (Å²) in [5, 5.41) is 0. The highest BCUT2D eigenvalue weighted by Gasteiger charge is 2.25. The predicted octanol–water partition coefficient (Wildman–Crippen LogP) is 1.72. The molecule has 0 unspecified atom stereocenters. The molecule has 0 atom stereocenters. The van der Waals surface area contributed by atoms with Crippen LogP contribution in [0.3, 0.4) is 0 Å². The molecule has 5 heteroatoms. The van der Waals surface area contributed by atoms with Gasteiger partial charge in [0.2, 0.25) is 5.78 Å². The van der Waals surface area contributed by atoms with Crippen molar-refractivity contribution in [1.82, 2.24) is 4.57 Å². The highest BCUT2D eigenvalue weighted by atomic mass is 16.5. The van der Waals surface area contributed by atoms with E-state index in [0.29, 0.717) is 6.54 Å². The number of hydrogen-bond acceptors (Lipinski definition) is 3. The number of hydrogen-bond donors (Lipinski definition) is 1. The van der Waals surface area contributed by atoms with Crippen LogP contribution >= 0.6 is 0 Å². The van der Waals surface area contributed by atoms with Crippen LogP contribution in [0.5, 0.6) is 5.75 Å². The van der Waals surface area contributed by atoms with Crippen molar-refractivity contribution in [2.24, 2.45) is 0 Å². The Morgan fingerprint density at radius 3 is 2.54 bits per heavy atom. The summed E-state index contributed by atoms with van der Waals surface area (Å²) >= 11 is 0. The number of ether oxygens (including phenoxy) is 1. The Kier molecular flexibility index (Phi) is 5.67. The van der Waals surface area contributed by atoms with Gasteiger partial charge >= 0.3 is 0 Å². The number of Topliss-reactive ketones (excluding diaryl/α,β-unsaturated/α-hetero) is 1. The zero-order valence-corrected chi connectivity index (χ0v) is 16.3. The van der Waals surface area contributed by atoms with E-state index in [4.69, 9.17) is 4.74 Å². The Bertz CT molecular complexity index is 774. The van der Waals surface area contributed by atoms with Gasteiger partial charge in [0.05, 0.1) is 33.3 Å². The number of piperazine rings is 1. The van der Waals surface area contributed by atoms with Gasteiger partial charge < -0.3 is 19.1 Å². The predicted molar refractivity (Wildman–Crippen MR) is 105 cm³/mol. The molecular weight excluding hydrogens is 326 g/mol. The van der Waals surface area contributed by atoms with Crippen molar-refractivity contribution in [1.29, 1.82) is 0 Å². The van der Waals surface area contributed by atoms with Gasteiger partial charge in [0.15, 0.2) is 0 Å². The third kappa shape index (κ3) is 3.78. The average Bonchev–Trinajstić information content (AvgIpc) is 2.96. The maximum Gasteiger partial charge on any atom is 0.218 e. The molecule has 5 nitrogen and oxygen atoms in total. The first-order valence-electron chi connectivity index (χ1n) is 9.46. The highest BCUT2D eigenvalue weighted by Crippen LogP contribution is 2.20. The number of rotatable bonds is 6. The van der Waals surface area contributed by atoms with Gasteiger partial charge in [-0.15, -0.1) is 0 Å². The molecule has 1 N–H and O–H groups in total. The fourth-order valence-corrected chi connectivity index (χ4v) is 3.96. The standard InChI is InChI=1S/C21H29N3O2/c1-5-24-16(2)13-20(17(24)3)21(25)15-22-9-11-23(12-10-22)18-7-6-8-19(14-18)26-4/h6-8,13-14H,5,9-12,15H2,1-4H3/p+1. The molecule has 0 amide bonds. The molecule has 3 rings (SSSR count). The lowest BCUT2D eigenvalue weighted by atomic mass is 10.1. The van der Waals surface area contributed by atoms with Gasteiger partial charge in [0, 0.05) is 35.2 Å². The summed E-state index contributed by atoms with van der Waals surface area (Å²) < 4.78 is 7.53. The maximum absolute atomic E-state index is 12.8. The van der Waals surface area contributed by atoms with E-state index in [0.717, 1.165) is 49.7 Å². The normalized spacial score (nSPS) is 15.3. The summed E-state index contributed by atoms with van der Waals surface area (Å²) in [5.41, 5.74) is 4.36. The summed E-state index contributed by atoms with van der Waals surface area (Å²) in [6.45, 7) is 11.6. The van der Waals surface area contributed by atoms with Gasteiger partial charge in [0.1, 0.15) is 12.3 Å². The molecule has 0 saturated carbocycles. The molecule has 0 radical (unpaired) electrons. The summed E-state index contributed by atoms with van der Waals surface area (Å²) in [6, 6.07) is 10.2. The number of nitrogens with zero attached hydrogens (tertiary/aromatic N) is 2. The van der Waals surface area contributed by atoms with E-state index in [-0.39, 0.29) is 5.78 Å². The molecule has 0 spiro atoms. The smallest absolute Gasteiger partial charge is 0.218 e. The minimum atomic E-state index is 0.266. The monoisotopic (exact) mass is 356 g/mol. The number of anilines is 1. The first-order valence-corrected chi connectivity index (χ1v) is 9.46. The molecule has 1 saturated heterocycles. The Morgan fingerprint density at radius 2 is 1.92 bits per heavy atom. The van der Waals surface area contributed by atoms with Crippen LogP contribution in [0.4, 0.5) is 5.69 Å². The molecule has 140 valence electrons. The number of ketones is 1. The molecule has 2 aromatic rings. The highest BCUT2D eigenvalue weighted by molar-refractivity contribution is 5.98. The molecule has 1 aromatic heterocycles. The van der Waals surface area contributed by atoms with Gasteiger partial charge in [-0.25, -0.2) is 0 Å². The first-order chi connectivity index (χ1) is 12.5. The van der Waals surface area contributed by atoms with Crippen LogP contribution in [0, 0.1) is 13.8 Å². The van der Waals surface area contributed by atoms with Crippen molar-refractivity contribution in [3.05, 3.63) is 47.3 Å². The van der Waals surface area contributed by atoms with Crippen LogP contribution in [0.2, 0.25) is 0 Å². The van der Waals surface area contributed by atoms with E-state index in [9.17, 15) is 4.79 Å². The molecule has 1 aromatic carbocycles. The van der Waals surface area contributed by atoms with Crippen LogP contribution in [0.15, 0.2) is 30.3 Å². The summed E-state index contributed by atoms with van der Waals surface area (Å²) in [4.78, 5) is 16.5. The summed E-state index contributed by atoms with van der Waals surface area (Å²) in [5.74, 6) is 1.15. The molecule has 0 aliphatic carbocycles. The Hall–Kier alpha value is -2.27. The van der Waals surface area contributed by atoms with Gasteiger partial charge in [-0.2, -0.15) is 0 Å². The second-order valence-electron chi connectivity index (χ2n) is 7.07. The van der Waals surface area contributed by atoms with Gasteiger partial charge in [-0.3, -0.25) is 4.79 Å². The van der Waals surface area contributed by atoms with Crippen LogP contribution in [-0.2, 0) is 6.54 Å². The number of carbonyl (C=O) groups is 1. The number of carbonyl (C=O) groups excluding carboxylic acids is 1. The number of methoxy groups -OCH3 is 1. The number of aryl methyl sites for hydroxylation is 1. The van der Waals surface area contributed by atoms with Gasteiger partial charge in [-0.05, 0) is 39.0 Å². The number of nitrogens with one attached hydrogen (secondary N) is 1. The van der Waals surface area contributed by atoms with E-state index in [1.807, 2.05) is 18.2 Å². The first kappa shape index (κ1) is 18.5. The lowest BCUT2D eigenvalue weighted by Crippen LogP contribution is -3.15. The Balaban J connectivity index is 1.59. The fourth-order valence-electron chi connectivity index (χ4n) is 3.96. The van der Waals surface area contributed by atoms with Crippen LogP contribution < -0.4 is 14.5 Å². The maximum atomic E-state index is 12.8. The second kappa shape index (κ2) is 7.96. The van der Waals surface area contributed by atoms with Crippen LogP contribution in [0.25, 0.3) is 0 Å². The van der Waals surface area contributed by atoms with E-state index in [1.165, 1.54) is 16.3 Å². The number of quaternary nitrogens is 1. The Labute approximate surface area is 156 Å². The van der Waals surface area contributed by atoms with E-state index < -0.39 is 0 Å². The molecule has 26 heavy (non-hydrogen) atoms. The molecular formula is C21H30N3O2+. The average molecular weight is 356 g/mol. The second-order valence-corrected chi connectivity index (χ2v) is 7.07. The van der Waals surface area contributed by atoms with Crippen LogP contribution in [0.1, 0.15) is 28.7 Å². The largest absolute Gasteiger partial charge is 0.497 e. The van der Waals surface area contributed by atoms with E-state index in [2.05, 4.69) is 42.4 Å². The van der Waals surface area contributed by atoms with Crippen molar-refractivity contribution in [3.8, 4) is 5.75 Å². The third-order valence-electron chi connectivity index (χ3n) is 5.49. The van der Waals surface area contributed by atoms with Crippen molar-refractivity contribution in [2.45, 2.75) is 27.3 Å². The molecule has 2 heterocycles. The van der Waals surface area contributed by atoms with E-state index in [1.54, 1.807) is 7.11 Å². The summed E-state index contributed by atoms with van der Waals surface area (Å²) in [6.07, 6.45) is 0. The van der Waals surface area contributed by atoms with Crippen molar-refractivity contribution < 1.29 is 14.4 Å². The third-order valence-corrected chi connectivity index (χ3v) is 5.49. The number of benzene rings is 1. The molecule has 1 aliphatic rings. The van der Waals surface area contributed by atoms with Crippen molar-refractivity contribution in [3.63, 3.8) is 0 Å². The minimum absolute atomic E-state index is 0.266. The quantitative estimate of drug-likeness (QED) is 0.801. The lowest BCUT2D eigenvalue weighted by molar-refractivity contribution is -0.892. The van der Waals surface area contributed by atoms with Gasteiger partial charge in [-0.1, -0.05) is 6.07 Å². The summed E-state index contributed by atoms with van der Waals surface area (Å²) in [7, 11) is 1.70. The van der Waals surface area contributed by atoms with Crippen molar-refractivity contribution >= 4 is 11.5 Å². The van der Waals surface area contributed by atoms with Crippen LogP contribution in [-0.4, -0.2) is 50.2 Å². The fraction of sp³-hybridized carbons (Fsp3) is 0.476. The minimum Gasteiger partial charge on any atom is -0.497 e. The topological polar surface area (TPSA) is 38.9 Å². The number of aromatic nitrogens is 1. The molecule has 1 aliphatic heterocycles. The molecule has 0 bridgehead atoms. The van der Waals surface area contributed by atoms with E-state index >= 15 is 0 Å². The van der Waals surface area contributed by atoms with Crippen molar-refractivity contribution in [2.75, 3.05) is 44.7 Å². The van der Waals surface area contributed by atoms with Gasteiger partial charge in [0.25, 0.3) is 0 Å². The lowest BCUT2D eigenvalue weighted by Gasteiger charge is -2.33. The molecule has 1 fully saturated rings. The zero-order valence-electron chi connectivity index (χ0n) is 16.3. The Morgan fingerprint density at radius 1 is 1.19 bits per heavy atom.